The molecule has 3 fully saturated rings. The molecule has 2 heterocycles. The van der Waals surface area contributed by atoms with Gasteiger partial charge in [-0.2, -0.15) is 0 Å². The van der Waals surface area contributed by atoms with Crippen molar-refractivity contribution in [2.45, 2.75) is 63.7 Å². The molecule has 5 heteroatoms. The Morgan fingerprint density at radius 2 is 2.05 bits per heavy atom. The minimum absolute atomic E-state index is 0.000718. The highest BCUT2D eigenvalue weighted by atomic mass is 16.5. The molecule has 5 nitrogen and oxygen atoms in total. The molecule has 0 aromatic heterocycles. The number of hydrogen-bond donors (Lipinski definition) is 2. The van der Waals surface area contributed by atoms with Gasteiger partial charge in [-0.05, 0) is 32.6 Å². The van der Waals surface area contributed by atoms with E-state index >= 15 is 0 Å². The highest BCUT2D eigenvalue weighted by Gasteiger charge is 2.71. The number of likely N-dealkylation sites (tertiary alicyclic amines) is 1. The molecule has 21 heavy (non-hydrogen) atoms. The van der Waals surface area contributed by atoms with E-state index in [-0.39, 0.29) is 23.3 Å². The largest absolute Gasteiger partial charge is 0.388 e. The van der Waals surface area contributed by atoms with Gasteiger partial charge in [-0.3, -0.25) is 4.79 Å². The summed E-state index contributed by atoms with van der Waals surface area (Å²) in [5, 5.41) is 10.3. The molecule has 0 aromatic rings. The van der Waals surface area contributed by atoms with Gasteiger partial charge in [0.25, 0.3) is 0 Å². The monoisotopic (exact) mass is 296 g/mol. The van der Waals surface area contributed by atoms with Crippen molar-refractivity contribution in [3.63, 3.8) is 0 Å². The third-order valence-electron chi connectivity index (χ3n) is 6.00. The van der Waals surface area contributed by atoms with Gasteiger partial charge in [-0.25, -0.2) is 0 Å². The van der Waals surface area contributed by atoms with E-state index in [4.69, 9.17) is 10.5 Å². The smallest absolute Gasteiger partial charge is 0.243 e. The van der Waals surface area contributed by atoms with Crippen molar-refractivity contribution in [3.05, 3.63) is 0 Å². The average Bonchev–Trinajstić information content (AvgIpc) is 2.44. The Morgan fingerprint density at radius 3 is 2.71 bits per heavy atom. The number of fused-ring (bicyclic) bond motifs is 1. The van der Waals surface area contributed by atoms with E-state index in [1.807, 2.05) is 13.8 Å². The zero-order valence-electron chi connectivity index (χ0n) is 13.4. The fourth-order valence-corrected chi connectivity index (χ4v) is 4.67. The predicted molar refractivity (Wildman–Crippen MR) is 79.6 cm³/mol. The topological polar surface area (TPSA) is 75.8 Å². The minimum Gasteiger partial charge on any atom is -0.388 e. The van der Waals surface area contributed by atoms with Crippen molar-refractivity contribution in [2.75, 3.05) is 19.7 Å². The van der Waals surface area contributed by atoms with Crippen LogP contribution in [0.25, 0.3) is 0 Å². The van der Waals surface area contributed by atoms with Gasteiger partial charge in [0.1, 0.15) is 5.54 Å². The summed E-state index contributed by atoms with van der Waals surface area (Å²) < 4.78 is 5.87. The van der Waals surface area contributed by atoms with Gasteiger partial charge < -0.3 is 20.5 Å². The average molecular weight is 296 g/mol. The van der Waals surface area contributed by atoms with Crippen molar-refractivity contribution in [1.29, 1.82) is 0 Å². The van der Waals surface area contributed by atoms with Gasteiger partial charge in [0, 0.05) is 31.0 Å². The van der Waals surface area contributed by atoms with Gasteiger partial charge in [-0.15, -0.1) is 0 Å². The van der Waals surface area contributed by atoms with Crippen LogP contribution in [0.5, 0.6) is 0 Å². The molecule has 2 saturated heterocycles. The second kappa shape index (κ2) is 4.67. The first-order chi connectivity index (χ1) is 9.70. The number of carbonyl (C=O) groups excluding carboxylic acids is 1. The first-order valence-corrected chi connectivity index (χ1v) is 8.12. The Kier molecular flexibility index (Phi) is 3.39. The summed E-state index contributed by atoms with van der Waals surface area (Å²) in [5.41, 5.74) is 4.65. The third-order valence-corrected chi connectivity index (χ3v) is 6.00. The van der Waals surface area contributed by atoms with Crippen LogP contribution in [-0.4, -0.2) is 52.9 Å². The highest BCUT2D eigenvalue weighted by molar-refractivity contribution is 5.89. The maximum absolute atomic E-state index is 13.1. The molecule has 4 atom stereocenters. The molecular formula is C16H28N2O3. The lowest BCUT2D eigenvalue weighted by Gasteiger charge is -2.66. The van der Waals surface area contributed by atoms with Crippen LogP contribution in [0.15, 0.2) is 0 Å². The maximum Gasteiger partial charge on any atom is 0.243 e. The molecule has 1 aliphatic carbocycles. The zero-order chi connectivity index (χ0) is 15.5. The maximum atomic E-state index is 13.1. The molecule has 0 bridgehead atoms. The number of nitrogens with zero attached hydrogens (tertiary/aromatic N) is 1. The lowest BCUT2D eigenvalue weighted by Crippen LogP contribution is -2.82. The van der Waals surface area contributed by atoms with E-state index < -0.39 is 11.1 Å². The van der Waals surface area contributed by atoms with Crippen molar-refractivity contribution in [2.24, 2.45) is 17.1 Å². The summed E-state index contributed by atoms with van der Waals surface area (Å²) in [6, 6.07) is 0. The predicted octanol–water partition coefficient (Wildman–Crippen LogP) is 0.892. The number of nitrogens with two attached hydrogens (primary N) is 1. The number of piperidine rings is 1. The second-order valence-corrected chi connectivity index (χ2v) is 7.96. The zero-order valence-corrected chi connectivity index (χ0v) is 13.4. The normalized spacial score (nSPS) is 45.7. The summed E-state index contributed by atoms with van der Waals surface area (Å²) in [6.45, 7) is 7.74. The van der Waals surface area contributed by atoms with Gasteiger partial charge in [0.05, 0.1) is 11.7 Å². The van der Waals surface area contributed by atoms with Crippen LogP contribution in [0.1, 0.15) is 46.5 Å². The van der Waals surface area contributed by atoms with E-state index in [2.05, 4.69) is 0 Å². The molecule has 3 aliphatic rings. The van der Waals surface area contributed by atoms with Crippen LogP contribution in [-0.2, 0) is 9.53 Å². The Morgan fingerprint density at radius 1 is 1.33 bits per heavy atom. The van der Waals surface area contributed by atoms with Gasteiger partial charge in [0.15, 0.2) is 0 Å². The molecule has 0 aromatic carbocycles. The third kappa shape index (κ3) is 2.05. The number of hydrogen-bond acceptors (Lipinski definition) is 4. The molecule has 2 aliphatic heterocycles. The minimum atomic E-state index is -0.856. The van der Waals surface area contributed by atoms with Crippen LogP contribution < -0.4 is 5.73 Å². The standard InChI is InChI=1S/C16H28N2O3/c1-14(2)12-11(6-4-9-21-12)16(14,17)13(19)18-8-5-7-15(3,20)10-18/h11-12,20H,4-10,17H2,1-3H3. The van der Waals surface area contributed by atoms with E-state index in [1.54, 1.807) is 11.8 Å². The molecular weight excluding hydrogens is 268 g/mol. The summed E-state index contributed by atoms with van der Waals surface area (Å²) in [5.74, 6) is 0.111. The van der Waals surface area contributed by atoms with Crippen molar-refractivity contribution in [1.82, 2.24) is 4.90 Å². The lowest BCUT2D eigenvalue weighted by molar-refractivity contribution is -0.231. The summed E-state index contributed by atoms with van der Waals surface area (Å²) >= 11 is 0. The van der Waals surface area contributed by atoms with Crippen molar-refractivity contribution in [3.8, 4) is 0 Å². The van der Waals surface area contributed by atoms with Crippen LogP contribution in [0, 0.1) is 11.3 Å². The Labute approximate surface area is 126 Å². The Bertz CT molecular complexity index is 449. The van der Waals surface area contributed by atoms with Gasteiger partial charge >= 0.3 is 0 Å². The second-order valence-electron chi connectivity index (χ2n) is 7.96. The van der Waals surface area contributed by atoms with Gasteiger partial charge in [0.2, 0.25) is 5.91 Å². The summed E-state index contributed by atoms with van der Waals surface area (Å²) in [6.07, 6.45) is 3.60. The fourth-order valence-electron chi connectivity index (χ4n) is 4.67. The first kappa shape index (κ1) is 15.3. The number of amides is 1. The number of rotatable bonds is 1. The van der Waals surface area contributed by atoms with Crippen molar-refractivity contribution >= 4 is 5.91 Å². The number of β-amino-alcohol motifs (C(OH)–C–C–N with tert-alkyl or cyclic N) is 1. The van der Waals surface area contributed by atoms with Crippen LogP contribution in [0.3, 0.4) is 0 Å². The molecule has 1 saturated carbocycles. The lowest BCUT2D eigenvalue weighted by atomic mass is 9.46. The van der Waals surface area contributed by atoms with E-state index in [0.29, 0.717) is 13.1 Å². The van der Waals surface area contributed by atoms with Gasteiger partial charge in [-0.1, -0.05) is 13.8 Å². The Balaban J connectivity index is 1.83. The van der Waals surface area contributed by atoms with Crippen LogP contribution >= 0.6 is 0 Å². The molecule has 3 rings (SSSR count). The van der Waals surface area contributed by atoms with Crippen LogP contribution in [0.4, 0.5) is 0 Å². The fraction of sp³-hybridized carbons (Fsp3) is 0.938. The molecule has 4 unspecified atom stereocenters. The quantitative estimate of drug-likeness (QED) is 0.753. The highest BCUT2D eigenvalue weighted by Crippen LogP contribution is 2.58. The summed E-state index contributed by atoms with van der Waals surface area (Å²) in [7, 11) is 0. The number of aliphatic hydroxyl groups is 1. The molecule has 0 radical (unpaired) electrons. The number of carbonyl (C=O) groups is 1. The SMILES string of the molecule is CC1(O)CCCN(C(=O)C2(N)C3CCCOC3C2(C)C)C1. The molecule has 3 N–H and O–H groups in total. The summed E-state index contributed by atoms with van der Waals surface area (Å²) in [4.78, 5) is 14.9. The Hall–Kier alpha value is -0.650. The molecule has 1 amide bonds. The van der Waals surface area contributed by atoms with E-state index in [9.17, 15) is 9.90 Å². The van der Waals surface area contributed by atoms with Crippen LogP contribution in [0.2, 0.25) is 0 Å². The van der Waals surface area contributed by atoms with E-state index in [0.717, 1.165) is 32.3 Å². The first-order valence-electron chi connectivity index (χ1n) is 8.12. The molecule has 0 spiro atoms. The molecule has 120 valence electrons. The van der Waals surface area contributed by atoms with Crippen molar-refractivity contribution < 1.29 is 14.6 Å². The van der Waals surface area contributed by atoms with E-state index in [1.165, 1.54) is 0 Å². The number of ether oxygens (including phenoxy) is 1.